The van der Waals surface area contributed by atoms with Crippen molar-refractivity contribution in [3.8, 4) is 0 Å². The van der Waals surface area contributed by atoms with Crippen LogP contribution in [0.3, 0.4) is 0 Å². The maximum Gasteiger partial charge on any atom is 0.169 e. The highest BCUT2D eigenvalue weighted by atomic mass is 16.5. The van der Waals surface area contributed by atoms with Gasteiger partial charge in [-0.05, 0) is 11.8 Å². The van der Waals surface area contributed by atoms with Crippen LogP contribution < -0.4 is 0 Å². The van der Waals surface area contributed by atoms with Gasteiger partial charge in [-0.3, -0.25) is 4.79 Å². The van der Waals surface area contributed by atoms with Crippen LogP contribution in [0, 0.1) is 16.7 Å². The van der Waals surface area contributed by atoms with Crippen LogP contribution in [0.1, 0.15) is 67.7 Å². The van der Waals surface area contributed by atoms with Crippen LogP contribution in [-0.4, -0.2) is 12.4 Å². The summed E-state index contributed by atoms with van der Waals surface area (Å²) in [5.74, 6) is 1.27. The molecule has 0 aliphatic carbocycles. The maximum absolute atomic E-state index is 12.8. The molecule has 110 valence electrons. The predicted molar refractivity (Wildman–Crippen MR) is 79.9 cm³/mol. The van der Waals surface area contributed by atoms with Crippen LogP contribution in [-0.2, 0) is 9.53 Å². The number of hydrogen-bond donors (Lipinski definition) is 0. The molecular weight excluding hydrogens is 236 g/mol. The Morgan fingerprint density at radius 3 is 2.11 bits per heavy atom. The molecule has 1 unspecified atom stereocenters. The van der Waals surface area contributed by atoms with E-state index in [9.17, 15) is 4.79 Å². The molecule has 0 aromatic rings. The van der Waals surface area contributed by atoms with Gasteiger partial charge in [-0.1, -0.05) is 61.3 Å². The van der Waals surface area contributed by atoms with Crippen molar-refractivity contribution in [2.75, 3.05) is 6.61 Å². The van der Waals surface area contributed by atoms with Crippen molar-refractivity contribution in [2.45, 2.75) is 67.7 Å². The lowest BCUT2D eigenvalue weighted by molar-refractivity contribution is -0.124. The molecule has 1 heterocycles. The number of hydrogen-bond acceptors (Lipinski definition) is 2. The second-order valence-corrected chi connectivity index (χ2v) is 7.72. The summed E-state index contributed by atoms with van der Waals surface area (Å²) in [6.07, 6.45) is 3.18. The van der Waals surface area contributed by atoms with Gasteiger partial charge in [0.15, 0.2) is 5.78 Å². The summed E-state index contributed by atoms with van der Waals surface area (Å²) < 4.78 is 6.02. The average molecular weight is 266 g/mol. The Labute approximate surface area is 118 Å². The van der Waals surface area contributed by atoms with E-state index in [1.54, 1.807) is 0 Å². The van der Waals surface area contributed by atoms with E-state index < -0.39 is 0 Å². The molecule has 0 bridgehead atoms. The van der Waals surface area contributed by atoms with Gasteiger partial charge in [0.1, 0.15) is 5.76 Å². The Morgan fingerprint density at radius 2 is 1.68 bits per heavy atom. The topological polar surface area (TPSA) is 26.3 Å². The van der Waals surface area contributed by atoms with Crippen LogP contribution >= 0.6 is 0 Å². The van der Waals surface area contributed by atoms with E-state index in [0.717, 1.165) is 30.6 Å². The van der Waals surface area contributed by atoms with Gasteiger partial charge in [0.25, 0.3) is 0 Å². The van der Waals surface area contributed by atoms with Crippen LogP contribution in [0.4, 0.5) is 0 Å². The summed E-state index contributed by atoms with van der Waals surface area (Å²) in [5.41, 5.74) is 0.658. The molecule has 0 saturated carbocycles. The van der Waals surface area contributed by atoms with Gasteiger partial charge in [-0.15, -0.1) is 0 Å². The molecule has 0 amide bonds. The Balaban J connectivity index is 3.15. The zero-order valence-electron chi connectivity index (χ0n) is 13.7. The first-order valence-electron chi connectivity index (χ1n) is 7.51. The van der Waals surface area contributed by atoms with Gasteiger partial charge in [0.2, 0.25) is 0 Å². The Hall–Kier alpha value is -0.790. The van der Waals surface area contributed by atoms with E-state index in [0.29, 0.717) is 12.4 Å². The van der Waals surface area contributed by atoms with Crippen LogP contribution in [0.5, 0.6) is 0 Å². The number of Topliss-reactive ketones (excluding diaryl/α,β-unsaturated/α-hetero) is 1. The first-order chi connectivity index (χ1) is 8.59. The van der Waals surface area contributed by atoms with Crippen molar-refractivity contribution in [3.63, 3.8) is 0 Å². The smallest absolute Gasteiger partial charge is 0.169 e. The number of carbonyl (C=O) groups is 1. The van der Waals surface area contributed by atoms with Crippen molar-refractivity contribution < 1.29 is 9.53 Å². The second kappa shape index (κ2) is 5.68. The molecule has 0 aromatic carbocycles. The number of allylic oxidation sites excluding steroid dienone is 2. The molecule has 0 radical (unpaired) electrons. The first-order valence-corrected chi connectivity index (χ1v) is 7.51. The van der Waals surface area contributed by atoms with E-state index in [-0.39, 0.29) is 16.7 Å². The minimum atomic E-state index is -0.148. The number of carbonyl (C=O) groups excluding carboxylic acids is 1. The first kappa shape index (κ1) is 16.3. The van der Waals surface area contributed by atoms with Gasteiger partial charge in [0, 0.05) is 11.0 Å². The van der Waals surface area contributed by atoms with Crippen molar-refractivity contribution in [1.82, 2.24) is 0 Å². The molecule has 1 aliphatic rings. The molecule has 0 N–H and O–H groups in total. The molecule has 2 nitrogen and oxygen atoms in total. The minimum Gasteiger partial charge on any atom is -0.496 e. The fraction of sp³-hybridized carbons (Fsp3) is 0.824. The zero-order valence-corrected chi connectivity index (χ0v) is 13.7. The van der Waals surface area contributed by atoms with Crippen molar-refractivity contribution >= 4 is 5.78 Å². The molecule has 19 heavy (non-hydrogen) atoms. The monoisotopic (exact) mass is 266 g/mol. The molecule has 1 atom stereocenters. The third-order valence-corrected chi connectivity index (χ3v) is 3.61. The standard InChI is InChI=1S/C17H30O2/c1-8-9-10-12-11-19-15(17(5,6)7)13(14(12)18)16(2,3)4/h12H,8-11H2,1-7H3. The van der Waals surface area contributed by atoms with Gasteiger partial charge in [0.05, 0.1) is 12.5 Å². The summed E-state index contributed by atoms with van der Waals surface area (Å²) in [5, 5.41) is 0. The van der Waals surface area contributed by atoms with Crippen LogP contribution in [0.25, 0.3) is 0 Å². The van der Waals surface area contributed by atoms with Crippen molar-refractivity contribution in [2.24, 2.45) is 16.7 Å². The number of unbranched alkanes of at least 4 members (excludes halogenated alkanes) is 1. The van der Waals surface area contributed by atoms with E-state index in [2.05, 4.69) is 48.5 Å². The lowest BCUT2D eigenvalue weighted by atomic mass is 9.73. The number of ether oxygens (including phenoxy) is 1. The molecule has 1 aliphatic heterocycles. The average Bonchev–Trinajstić information content (AvgIpc) is 2.24. The summed E-state index contributed by atoms with van der Waals surface area (Å²) >= 11 is 0. The van der Waals surface area contributed by atoms with Crippen molar-refractivity contribution in [3.05, 3.63) is 11.3 Å². The van der Waals surface area contributed by atoms with Crippen molar-refractivity contribution in [1.29, 1.82) is 0 Å². The minimum absolute atomic E-state index is 0.0558. The number of rotatable bonds is 3. The van der Waals surface area contributed by atoms with Gasteiger partial charge in [-0.2, -0.15) is 0 Å². The van der Waals surface area contributed by atoms with E-state index in [1.165, 1.54) is 0 Å². The molecule has 0 spiro atoms. The van der Waals surface area contributed by atoms with Gasteiger partial charge >= 0.3 is 0 Å². The van der Waals surface area contributed by atoms with E-state index in [4.69, 9.17) is 4.74 Å². The lowest BCUT2D eigenvalue weighted by Gasteiger charge is -2.38. The quantitative estimate of drug-likeness (QED) is 0.737. The zero-order chi connectivity index (χ0) is 14.8. The summed E-state index contributed by atoms with van der Waals surface area (Å²) in [4.78, 5) is 12.8. The normalized spacial score (nSPS) is 21.6. The highest BCUT2D eigenvalue weighted by molar-refractivity contribution is 5.99. The summed E-state index contributed by atoms with van der Waals surface area (Å²) in [6, 6.07) is 0. The lowest BCUT2D eigenvalue weighted by Crippen LogP contribution is -2.37. The summed E-state index contributed by atoms with van der Waals surface area (Å²) in [7, 11) is 0. The third kappa shape index (κ3) is 3.84. The van der Waals surface area contributed by atoms with Crippen LogP contribution in [0.2, 0.25) is 0 Å². The summed E-state index contributed by atoms with van der Waals surface area (Å²) in [6.45, 7) is 15.4. The SMILES string of the molecule is CCCCC1COC(C(C)(C)C)=C(C(C)(C)C)C1=O. The Morgan fingerprint density at radius 1 is 1.11 bits per heavy atom. The van der Waals surface area contributed by atoms with E-state index >= 15 is 0 Å². The Bertz CT molecular complexity index is 364. The fourth-order valence-corrected chi connectivity index (χ4v) is 2.61. The molecule has 0 fully saturated rings. The highest BCUT2D eigenvalue weighted by Gasteiger charge is 2.40. The molecule has 0 aromatic heterocycles. The van der Waals surface area contributed by atoms with Gasteiger partial charge < -0.3 is 4.74 Å². The second-order valence-electron chi connectivity index (χ2n) is 7.72. The number of ketones is 1. The van der Waals surface area contributed by atoms with Crippen LogP contribution in [0.15, 0.2) is 11.3 Å². The van der Waals surface area contributed by atoms with Gasteiger partial charge in [-0.25, -0.2) is 0 Å². The highest BCUT2D eigenvalue weighted by Crippen LogP contribution is 2.42. The molecule has 2 heteroatoms. The fourth-order valence-electron chi connectivity index (χ4n) is 2.61. The van der Waals surface area contributed by atoms with E-state index in [1.807, 2.05) is 0 Å². The maximum atomic E-state index is 12.8. The molecule has 0 saturated heterocycles. The molecular formula is C17H30O2. The predicted octanol–water partition coefficient (Wildman–Crippen LogP) is 4.74. The third-order valence-electron chi connectivity index (χ3n) is 3.61. The molecule has 1 rings (SSSR count). The largest absolute Gasteiger partial charge is 0.496 e. The Kier molecular flexibility index (Phi) is 4.86.